The van der Waals surface area contributed by atoms with E-state index in [1.54, 1.807) is 23.1 Å². The second kappa shape index (κ2) is 5.41. The van der Waals surface area contributed by atoms with E-state index in [0.717, 1.165) is 0 Å². The third-order valence-corrected chi connectivity index (χ3v) is 2.45. The van der Waals surface area contributed by atoms with Crippen molar-refractivity contribution in [3.63, 3.8) is 0 Å². The van der Waals surface area contributed by atoms with Crippen molar-refractivity contribution in [2.24, 2.45) is 0 Å². The van der Waals surface area contributed by atoms with Gasteiger partial charge in [-0.1, -0.05) is 0 Å². The Morgan fingerprint density at radius 3 is 3.22 bits per heavy atom. The van der Waals surface area contributed by atoms with Gasteiger partial charge in [0.15, 0.2) is 5.82 Å². The first-order valence-corrected chi connectivity index (χ1v) is 5.33. The number of nitrogens with one attached hydrogen (secondary N) is 1. The van der Waals surface area contributed by atoms with E-state index in [1.807, 2.05) is 0 Å². The SMILES string of the molecule is COC(CNc1nccn2cnnc12)CC(=O)O. The number of ether oxygens (including phenoxy) is 1. The summed E-state index contributed by atoms with van der Waals surface area (Å²) in [7, 11) is 1.47. The predicted octanol–water partition coefficient (Wildman–Crippen LogP) is 0.0259. The summed E-state index contributed by atoms with van der Waals surface area (Å²) in [5.74, 6) is -0.361. The van der Waals surface area contributed by atoms with Crippen LogP contribution in [0.25, 0.3) is 5.65 Å². The lowest BCUT2D eigenvalue weighted by Crippen LogP contribution is -2.25. The normalized spacial score (nSPS) is 12.5. The van der Waals surface area contributed by atoms with E-state index in [9.17, 15) is 4.79 Å². The number of fused-ring (bicyclic) bond motifs is 1. The number of carboxylic acid groups (broad SMARTS) is 1. The molecule has 1 atom stereocenters. The van der Waals surface area contributed by atoms with Crippen LogP contribution in [0.2, 0.25) is 0 Å². The maximum Gasteiger partial charge on any atom is 0.306 e. The Balaban J connectivity index is 2.05. The molecule has 0 aliphatic carbocycles. The third-order valence-electron chi connectivity index (χ3n) is 2.45. The summed E-state index contributed by atoms with van der Waals surface area (Å²) in [6.07, 6.45) is 4.41. The number of hydrogen-bond donors (Lipinski definition) is 2. The molecule has 0 aliphatic rings. The first-order valence-electron chi connectivity index (χ1n) is 5.33. The molecule has 0 radical (unpaired) electrons. The highest BCUT2D eigenvalue weighted by Crippen LogP contribution is 2.10. The highest BCUT2D eigenvalue weighted by atomic mass is 16.5. The Bertz CT molecular complexity index is 541. The molecule has 2 aromatic rings. The van der Waals surface area contributed by atoms with Gasteiger partial charge in [0.05, 0.1) is 12.5 Å². The highest BCUT2D eigenvalue weighted by Gasteiger charge is 2.13. The van der Waals surface area contributed by atoms with Crippen molar-refractivity contribution in [3.8, 4) is 0 Å². The number of anilines is 1. The molecule has 2 rings (SSSR count). The van der Waals surface area contributed by atoms with Gasteiger partial charge >= 0.3 is 5.97 Å². The molecule has 0 aromatic carbocycles. The van der Waals surface area contributed by atoms with Crippen molar-refractivity contribution in [3.05, 3.63) is 18.7 Å². The van der Waals surface area contributed by atoms with Crippen LogP contribution >= 0.6 is 0 Å². The Hall–Kier alpha value is -2.22. The zero-order valence-electron chi connectivity index (χ0n) is 9.78. The predicted molar refractivity (Wildman–Crippen MR) is 62.3 cm³/mol. The number of carbonyl (C=O) groups is 1. The van der Waals surface area contributed by atoms with Crippen LogP contribution in [0.15, 0.2) is 18.7 Å². The van der Waals surface area contributed by atoms with Crippen molar-refractivity contribution in [2.45, 2.75) is 12.5 Å². The summed E-state index contributed by atoms with van der Waals surface area (Å²) >= 11 is 0. The molecule has 8 nitrogen and oxygen atoms in total. The van der Waals surface area contributed by atoms with E-state index < -0.39 is 12.1 Å². The van der Waals surface area contributed by atoms with Crippen LogP contribution in [-0.2, 0) is 9.53 Å². The number of carboxylic acids is 1. The molecule has 0 fully saturated rings. The van der Waals surface area contributed by atoms with E-state index >= 15 is 0 Å². The second-order valence-electron chi connectivity index (χ2n) is 3.67. The topological polar surface area (TPSA) is 102 Å². The van der Waals surface area contributed by atoms with Crippen LogP contribution in [0, 0.1) is 0 Å². The molecule has 8 heteroatoms. The third kappa shape index (κ3) is 2.72. The van der Waals surface area contributed by atoms with E-state index in [-0.39, 0.29) is 6.42 Å². The first kappa shape index (κ1) is 12.2. The largest absolute Gasteiger partial charge is 0.481 e. The van der Waals surface area contributed by atoms with Gasteiger partial charge in [-0.25, -0.2) is 4.98 Å². The number of hydrogen-bond acceptors (Lipinski definition) is 6. The van der Waals surface area contributed by atoms with Crippen molar-refractivity contribution in [1.29, 1.82) is 0 Å². The van der Waals surface area contributed by atoms with Crippen LogP contribution < -0.4 is 5.32 Å². The summed E-state index contributed by atoms with van der Waals surface area (Å²) in [4.78, 5) is 14.7. The zero-order chi connectivity index (χ0) is 13.0. The van der Waals surface area contributed by atoms with Crippen LogP contribution in [0.1, 0.15) is 6.42 Å². The molecule has 0 bridgehead atoms. The molecule has 0 spiro atoms. The quantitative estimate of drug-likeness (QED) is 0.746. The minimum Gasteiger partial charge on any atom is -0.481 e. The Labute approximate surface area is 103 Å². The van der Waals surface area contributed by atoms with Gasteiger partial charge in [-0.05, 0) is 0 Å². The average Bonchev–Trinajstić information content (AvgIpc) is 2.82. The van der Waals surface area contributed by atoms with Gasteiger partial charge in [-0.15, -0.1) is 10.2 Å². The number of rotatable bonds is 6. The monoisotopic (exact) mass is 251 g/mol. The molecular weight excluding hydrogens is 238 g/mol. The maximum atomic E-state index is 10.6. The van der Waals surface area contributed by atoms with Gasteiger partial charge in [0.25, 0.3) is 0 Å². The van der Waals surface area contributed by atoms with Crippen molar-refractivity contribution >= 4 is 17.4 Å². The van der Waals surface area contributed by atoms with E-state index in [4.69, 9.17) is 9.84 Å². The number of nitrogens with zero attached hydrogens (tertiary/aromatic N) is 4. The molecule has 1 unspecified atom stereocenters. The number of aromatic nitrogens is 4. The van der Waals surface area contributed by atoms with E-state index in [1.165, 1.54) is 7.11 Å². The van der Waals surface area contributed by atoms with Gasteiger partial charge in [0, 0.05) is 26.0 Å². The number of methoxy groups -OCH3 is 1. The lowest BCUT2D eigenvalue weighted by Gasteiger charge is -2.14. The maximum absolute atomic E-state index is 10.6. The Morgan fingerprint density at radius 1 is 1.67 bits per heavy atom. The molecule has 0 saturated heterocycles. The molecule has 0 saturated carbocycles. The number of aliphatic carboxylic acids is 1. The fourth-order valence-corrected chi connectivity index (χ4v) is 1.53. The van der Waals surface area contributed by atoms with Crippen LogP contribution in [0.3, 0.4) is 0 Å². The van der Waals surface area contributed by atoms with Crippen LogP contribution in [0.5, 0.6) is 0 Å². The van der Waals surface area contributed by atoms with Crippen molar-refractivity contribution < 1.29 is 14.6 Å². The fourth-order valence-electron chi connectivity index (χ4n) is 1.53. The van der Waals surface area contributed by atoms with E-state index in [2.05, 4.69) is 20.5 Å². The molecule has 2 heterocycles. The summed E-state index contributed by atoms with van der Waals surface area (Å²) < 4.78 is 6.78. The zero-order valence-corrected chi connectivity index (χ0v) is 9.78. The summed E-state index contributed by atoms with van der Waals surface area (Å²) in [5, 5.41) is 19.4. The molecular formula is C10H13N5O3. The van der Waals surface area contributed by atoms with Gasteiger partial charge < -0.3 is 15.2 Å². The lowest BCUT2D eigenvalue weighted by atomic mass is 10.2. The average molecular weight is 251 g/mol. The highest BCUT2D eigenvalue weighted by molar-refractivity contribution is 5.67. The molecule has 0 aliphatic heterocycles. The summed E-state index contributed by atoms with van der Waals surface area (Å²) in [6, 6.07) is 0. The molecule has 18 heavy (non-hydrogen) atoms. The summed E-state index contributed by atoms with van der Waals surface area (Å²) in [5.41, 5.74) is 0.586. The van der Waals surface area contributed by atoms with Gasteiger partial charge in [-0.3, -0.25) is 9.20 Å². The van der Waals surface area contributed by atoms with Gasteiger partial charge in [0.1, 0.15) is 6.33 Å². The molecule has 2 aromatic heterocycles. The Kier molecular flexibility index (Phi) is 3.68. The minimum atomic E-state index is -0.905. The molecule has 2 N–H and O–H groups in total. The standard InChI is InChI=1S/C10H13N5O3/c1-18-7(4-8(16)17)5-12-9-10-14-13-6-15(10)3-2-11-9/h2-3,6-7H,4-5H2,1H3,(H,11,12)(H,16,17). The molecule has 96 valence electrons. The second-order valence-corrected chi connectivity index (χ2v) is 3.67. The van der Waals surface area contributed by atoms with E-state index in [0.29, 0.717) is 18.0 Å². The van der Waals surface area contributed by atoms with Crippen molar-refractivity contribution in [1.82, 2.24) is 19.6 Å². The lowest BCUT2D eigenvalue weighted by molar-refractivity contribution is -0.139. The van der Waals surface area contributed by atoms with Gasteiger partial charge in [-0.2, -0.15) is 0 Å². The van der Waals surface area contributed by atoms with Crippen LogP contribution in [0.4, 0.5) is 5.82 Å². The van der Waals surface area contributed by atoms with Crippen LogP contribution in [-0.4, -0.2) is 50.4 Å². The van der Waals surface area contributed by atoms with Crippen molar-refractivity contribution in [2.75, 3.05) is 19.0 Å². The Morgan fingerprint density at radius 2 is 2.50 bits per heavy atom. The first-order chi connectivity index (χ1) is 8.70. The fraction of sp³-hybridized carbons (Fsp3) is 0.400. The molecule has 0 amide bonds. The smallest absolute Gasteiger partial charge is 0.306 e. The summed E-state index contributed by atoms with van der Waals surface area (Å²) in [6.45, 7) is 0.336. The van der Waals surface area contributed by atoms with Gasteiger partial charge in [0.2, 0.25) is 5.65 Å². The minimum absolute atomic E-state index is 0.0701.